The Morgan fingerprint density at radius 2 is 1.79 bits per heavy atom. The van der Waals surface area contributed by atoms with Crippen molar-refractivity contribution >= 4 is 28.5 Å². The lowest BCUT2D eigenvalue weighted by atomic mass is 9.87. The molecular formula is C32H30N6O4. The third kappa shape index (κ3) is 4.77. The Bertz CT molecular complexity index is 1780. The predicted octanol–water partition coefficient (Wildman–Crippen LogP) is 2.92. The maximum atomic E-state index is 13.2. The first kappa shape index (κ1) is 26.2. The van der Waals surface area contributed by atoms with Crippen LogP contribution in [-0.4, -0.2) is 61.4 Å². The molecule has 0 bridgehead atoms. The fourth-order valence-corrected chi connectivity index (χ4v) is 6.46. The van der Waals surface area contributed by atoms with Crippen molar-refractivity contribution in [1.82, 2.24) is 29.9 Å². The number of hydrogen-bond donors (Lipinski definition) is 1. The van der Waals surface area contributed by atoms with Crippen molar-refractivity contribution in [1.29, 1.82) is 0 Å². The number of piperidine rings is 2. The molecule has 2 aromatic heterocycles. The third-order valence-corrected chi connectivity index (χ3v) is 8.73. The fourth-order valence-electron chi connectivity index (χ4n) is 6.46. The Kier molecular flexibility index (Phi) is 6.62. The number of nitrogens with one attached hydrogen (secondary N) is 1. The van der Waals surface area contributed by atoms with Gasteiger partial charge < -0.3 is 4.90 Å². The molecule has 212 valence electrons. The van der Waals surface area contributed by atoms with E-state index in [9.17, 15) is 19.2 Å². The van der Waals surface area contributed by atoms with E-state index in [-0.39, 0.29) is 29.7 Å². The van der Waals surface area contributed by atoms with Gasteiger partial charge in [-0.15, -0.1) is 0 Å². The maximum absolute atomic E-state index is 13.2. The Morgan fingerprint density at radius 1 is 0.929 bits per heavy atom. The number of pyridine rings is 1. The van der Waals surface area contributed by atoms with Gasteiger partial charge in [0.25, 0.3) is 11.5 Å². The summed E-state index contributed by atoms with van der Waals surface area (Å²) in [5.41, 5.74) is 3.72. The highest BCUT2D eigenvalue weighted by molar-refractivity contribution is 6.05. The second-order valence-electron chi connectivity index (χ2n) is 11.3. The van der Waals surface area contributed by atoms with E-state index in [1.54, 1.807) is 29.4 Å². The molecule has 0 spiro atoms. The van der Waals surface area contributed by atoms with Crippen molar-refractivity contribution in [3.63, 3.8) is 0 Å². The lowest BCUT2D eigenvalue weighted by Crippen LogP contribution is -2.52. The van der Waals surface area contributed by atoms with Crippen LogP contribution in [0.5, 0.6) is 0 Å². The summed E-state index contributed by atoms with van der Waals surface area (Å²) in [4.78, 5) is 58.4. The van der Waals surface area contributed by atoms with Gasteiger partial charge in [-0.05, 0) is 79.2 Å². The summed E-state index contributed by atoms with van der Waals surface area (Å²) < 4.78 is 1.34. The average molecular weight is 563 g/mol. The van der Waals surface area contributed by atoms with E-state index in [0.29, 0.717) is 35.7 Å². The Hall–Kier alpha value is -4.70. The van der Waals surface area contributed by atoms with E-state index in [1.165, 1.54) is 10.2 Å². The Morgan fingerprint density at radius 3 is 2.57 bits per heavy atom. The standard InChI is InChI=1S/C32H30N6O4/c39-29-9-8-27(30(40)35-29)37-19-24-16-22(6-7-25(24)31(37)41)21-10-13-36(14-11-21)18-20-4-5-23-17-34-38(32(42)26(23)15-20)28-3-1-2-12-33-28/h1-7,12,15-17,21,27H,8-11,13-14,18-19H2,(H,35,39,40). The minimum absolute atomic E-state index is 0.140. The van der Waals surface area contributed by atoms with Crippen LogP contribution in [0, 0.1) is 0 Å². The van der Waals surface area contributed by atoms with E-state index in [0.717, 1.165) is 49.0 Å². The van der Waals surface area contributed by atoms with Crippen molar-refractivity contribution in [2.24, 2.45) is 0 Å². The van der Waals surface area contributed by atoms with Crippen LogP contribution in [0.25, 0.3) is 16.6 Å². The highest BCUT2D eigenvalue weighted by Gasteiger charge is 2.39. The summed E-state index contributed by atoms with van der Waals surface area (Å²) in [6, 6.07) is 16.9. The molecule has 1 N–H and O–H groups in total. The smallest absolute Gasteiger partial charge is 0.280 e. The van der Waals surface area contributed by atoms with Crippen LogP contribution in [0.2, 0.25) is 0 Å². The van der Waals surface area contributed by atoms with Crippen molar-refractivity contribution in [2.75, 3.05) is 13.1 Å². The molecule has 42 heavy (non-hydrogen) atoms. The summed E-state index contributed by atoms with van der Waals surface area (Å²) in [5.74, 6) is 0.0765. The van der Waals surface area contributed by atoms with Crippen LogP contribution >= 0.6 is 0 Å². The molecule has 10 heteroatoms. The Balaban J connectivity index is 1.01. The zero-order valence-electron chi connectivity index (χ0n) is 23.0. The number of imide groups is 1. The van der Waals surface area contributed by atoms with Crippen molar-refractivity contribution in [2.45, 2.75) is 50.7 Å². The quantitative estimate of drug-likeness (QED) is 0.372. The predicted molar refractivity (Wildman–Crippen MR) is 155 cm³/mol. The number of nitrogens with zero attached hydrogens (tertiary/aromatic N) is 5. The second-order valence-corrected chi connectivity index (χ2v) is 11.3. The van der Waals surface area contributed by atoms with Gasteiger partial charge in [0.2, 0.25) is 11.8 Å². The normalized spacial score (nSPS) is 19.8. The molecule has 2 aromatic carbocycles. The monoisotopic (exact) mass is 562 g/mol. The van der Waals surface area contributed by atoms with E-state index in [1.807, 2.05) is 24.3 Å². The van der Waals surface area contributed by atoms with Crippen LogP contribution < -0.4 is 10.9 Å². The van der Waals surface area contributed by atoms with Gasteiger partial charge in [-0.2, -0.15) is 9.78 Å². The summed E-state index contributed by atoms with van der Waals surface area (Å²) in [6.07, 6.45) is 5.95. The van der Waals surface area contributed by atoms with E-state index < -0.39 is 6.04 Å². The highest BCUT2D eigenvalue weighted by Crippen LogP contribution is 2.34. The molecule has 3 aliphatic heterocycles. The molecule has 2 saturated heterocycles. The van der Waals surface area contributed by atoms with E-state index in [4.69, 9.17) is 0 Å². The first-order valence-electron chi connectivity index (χ1n) is 14.4. The minimum atomic E-state index is -0.599. The van der Waals surface area contributed by atoms with Gasteiger partial charge in [0.05, 0.1) is 11.6 Å². The molecule has 0 saturated carbocycles. The summed E-state index contributed by atoms with van der Waals surface area (Å²) in [7, 11) is 0. The molecule has 7 rings (SSSR count). The number of likely N-dealkylation sites (tertiary alicyclic amines) is 1. The van der Waals surface area contributed by atoms with Gasteiger partial charge in [0.15, 0.2) is 5.82 Å². The van der Waals surface area contributed by atoms with Gasteiger partial charge in [0.1, 0.15) is 6.04 Å². The molecule has 3 aliphatic rings. The lowest BCUT2D eigenvalue weighted by molar-refractivity contribution is -0.136. The number of aromatic nitrogens is 3. The van der Waals surface area contributed by atoms with Gasteiger partial charge in [-0.3, -0.25) is 29.4 Å². The first-order chi connectivity index (χ1) is 20.4. The Labute approximate surface area is 242 Å². The summed E-state index contributed by atoms with van der Waals surface area (Å²) in [5, 5.41) is 8.09. The first-order valence-corrected chi connectivity index (χ1v) is 14.4. The van der Waals surface area contributed by atoms with E-state index in [2.05, 4.69) is 38.5 Å². The van der Waals surface area contributed by atoms with Crippen LogP contribution in [-0.2, 0) is 22.7 Å². The van der Waals surface area contributed by atoms with Crippen LogP contribution in [0.15, 0.2) is 71.8 Å². The number of fused-ring (bicyclic) bond motifs is 2. The molecule has 10 nitrogen and oxygen atoms in total. The fraction of sp³-hybridized carbons (Fsp3) is 0.312. The number of carbonyl (C=O) groups is 3. The molecule has 2 fully saturated rings. The van der Waals surface area contributed by atoms with Crippen molar-refractivity contribution in [3.8, 4) is 5.82 Å². The maximum Gasteiger partial charge on any atom is 0.280 e. The van der Waals surface area contributed by atoms with Crippen molar-refractivity contribution < 1.29 is 14.4 Å². The van der Waals surface area contributed by atoms with Gasteiger partial charge in [-0.1, -0.05) is 30.3 Å². The molecule has 4 aromatic rings. The van der Waals surface area contributed by atoms with Gasteiger partial charge in [-0.25, -0.2) is 4.98 Å². The second kappa shape index (κ2) is 10.6. The van der Waals surface area contributed by atoms with Gasteiger partial charge in [0, 0.05) is 36.7 Å². The average Bonchev–Trinajstić information content (AvgIpc) is 3.33. The van der Waals surface area contributed by atoms with Gasteiger partial charge >= 0.3 is 0 Å². The summed E-state index contributed by atoms with van der Waals surface area (Å²) >= 11 is 0. The van der Waals surface area contributed by atoms with Crippen LogP contribution in [0.1, 0.15) is 58.6 Å². The van der Waals surface area contributed by atoms with Crippen LogP contribution in [0.4, 0.5) is 0 Å². The SMILES string of the molecule is O=C1CCC(N2Cc3cc(C4CCN(Cc5ccc6cnn(-c7ccccn7)c(=O)c6c5)CC4)ccc3C2=O)C(=O)N1. The number of amides is 3. The number of hydrogen-bond acceptors (Lipinski definition) is 7. The molecule has 1 unspecified atom stereocenters. The number of carbonyl (C=O) groups excluding carboxylic acids is 3. The zero-order valence-corrected chi connectivity index (χ0v) is 23.0. The summed E-state index contributed by atoms with van der Waals surface area (Å²) in [6.45, 7) is 3.01. The molecule has 0 aliphatic carbocycles. The number of benzene rings is 2. The largest absolute Gasteiger partial charge is 0.322 e. The van der Waals surface area contributed by atoms with Crippen LogP contribution in [0.3, 0.4) is 0 Å². The molecule has 1 atom stereocenters. The third-order valence-electron chi connectivity index (χ3n) is 8.73. The topological polar surface area (TPSA) is 118 Å². The number of rotatable bonds is 5. The molecule has 5 heterocycles. The minimum Gasteiger partial charge on any atom is -0.322 e. The molecule has 3 amide bonds. The lowest BCUT2D eigenvalue weighted by Gasteiger charge is -2.32. The molecular weight excluding hydrogens is 532 g/mol. The van der Waals surface area contributed by atoms with Crippen molar-refractivity contribution in [3.05, 3.63) is 99.6 Å². The molecule has 0 radical (unpaired) electrons. The highest BCUT2D eigenvalue weighted by atomic mass is 16.2. The zero-order chi connectivity index (χ0) is 28.8. The van der Waals surface area contributed by atoms with E-state index >= 15 is 0 Å².